The minimum atomic E-state index is -3.63. The van der Waals surface area contributed by atoms with Crippen LogP contribution in [0.4, 0.5) is 5.69 Å². The number of benzene rings is 1. The molecular weight excluding hydrogens is 416 g/mol. The molecule has 2 aromatic heterocycles. The third kappa shape index (κ3) is 4.08. The van der Waals surface area contributed by atoms with E-state index in [1.165, 1.54) is 16.7 Å². The molecule has 0 saturated carbocycles. The summed E-state index contributed by atoms with van der Waals surface area (Å²) in [4.78, 5) is 21.7. The van der Waals surface area contributed by atoms with Crippen LogP contribution in [0.3, 0.4) is 0 Å². The Morgan fingerprint density at radius 3 is 2.55 bits per heavy atom. The van der Waals surface area contributed by atoms with Gasteiger partial charge in [-0.05, 0) is 32.4 Å². The average molecular weight is 441 g/mol. The molecule has 1 atom stereocenters. The molecule has 10 heteroatoms. The zero-order chi connectivity index (χ0) is 22.2. The van der Waals surface area contributed by atoms with Gasteiger partial charge in [-0.1, -0.05) is 18.2 Å². The van der Waals surface area contributed by atoms with Gasteiger partial charge in [-0.25, -0.2) is 18.4 Å². The third-order valence-corrected chi connectivity index (χ3v) is 7.57. The van der Waals surface area contributed by atoms with Crippen molar-refractivity contribution < 1.29 is 13.2 Å². The molecule has 9 nitrogen and oxygen atoms in total. The lowest BCUT2D eigenvalue weighted by Gasteiger charge is -2.16. The Morgan fingerprint density at radius 2 is 1.90 bits per heavy atom. The predicted molar refractivity (Wildman–Crippen MR) is 115 cm³/mol. The molecule has 0 aliphatic carbocycles. The first-order valence-corrected chi connectivity index (χ1v) is 11.4. The van der Waals surface area contributed by atoms with Crippen LogP contribution in [0.25, 0.3) is 0 Å². The molecule has 1 aliphatic rings. The molecule has 0 bridgehead atoms. The number of aromatic nitrogens is 4. The first kappa shape index (κ1) is 21.1. The van der Waals surface area contributed by atoms with Crippen molar-refractivity contribution in [3.8, 4) is 0 Å². The van der Waals surface area contributed by atoms with E-state index in [1.54, 1.807) is 37.7 Å². The van der Waals surface area contributed by atoms with Gasteiger partial charge in [0.1, 0.15) is 10.7 Å². The lowest BCUT2D eigenvalue weighted by atomic mass is 10.1. The monoisotopic (exact) mass is 440 g/mol. The summed E-state index contributed by atoms with van der Waals surface area (Å²) >= 11 is 0. The molecule has 31 heavy (non-hydrogen) atoms. The molecular formula is C21H24N6O3S. The fourth-order valence-corrected chi connectivity index (χ4v) is 5.34. The van der Waals surface area contributed by atoms with Gasteiger partial charge < -0.3 is 5.32 Å². The van der Waals surface area contributed by atoms with Gasteiger partial charge in [-0.3, -0.25) is 9.48 Å². The fourth-order valence-electron chi connectivity index (χ4n) is 3.65. The highest BCUT2D eigenvalue weighted by molar-refractivity contribution is 7.89. The van der Waals surface area contributed by atoms with Gasteiger partial charge in [0.15, 0.2) is 0 Å². The van der Waals surface area contributed by atoms with Crippen LogP contribution in [-0.2, 0) is 17.1 Å². The summed E-state index contributed by atoms with van der Waals surface area (Å²) in [6, 6.07) is 9.17. The number of aryl methyl sites for hydroxylation is 2. The van der Waals surface area contributed by atoms with Gasteiger partial charge >= 0.3 is 0 Å². The van der Waals surface area contributed by atoms with Crippen LogP contribution in [0, 0.1) is 13.8 Å². The third-order valence-electron chi connectivity index (χ3n) is 5.60. The van der Waals surface area contributed by atoms with Crippen LogP contribution in [0.5, 0.6) is 0 Å². The normalized spacial score (nSPS) is 17.1. The summed E-state index contributed by atoms with van der Waals surface area (Å²) in [5.74, 6) is 0.143. The Kier molecular flexibility index (Phi) is 5.59. The minimum absolute atomic E-state index is 0.128. The lowest BCUT2D eigenvalue weighted by Crippen LogP contribution is -2.29. The molecule has 1 saturated heterocycles. The predicted octanol–water partition coefficient (Wildman–Crippen LogP) is 2.26. The molecule has 0 unspecified atom stereocenters. The van der Waals surface area contributed by atoms with E-state index < -0.39 is 10.0 Å². The number of rotatable bonds is 5. The van der Waals surface area contributed by atoms with Crippen LogP contribution in [-0.4, -0.2) is 51.5 Å². The first-order chi connectivity index (χ1) is 14.8. The van der Waals surface area contributed by atoms with Crippen molar-refractivity contribution in [3.05, 3.63) is 65.5 Å². The highest BCUT2D eigenvalue weighted by Crippen LogP contribution is 2.30. The lowest BCUT2D eigenvalue weighted by molar-refractivity contribution is 0.102. The fraction of sp³-hybridized carbons (Fsp3) is 0.333. The number of sulfonamides is 1. The minimum Gasteiger partial charge on any atom is -0.322 e. The van der Waals surface area contributed by atoms with Crippen molar-refractivity contribution in [1.29, 1.82) is 0 Å². The van der Waals surface area contributed by atoms with Crippen LogP contribution >= 0.6 is 0 Å². The maximum atomic E-state index is 13.0. The van der Waals surface area contributed by atoms with Crippen LogP contribution in [0.2, 0.25) is 0 Å². The topological polar surface area (TPSA) is 110 Å². The smallest absolute Gasteiger partial charge is 0.259 e. The second-order valence-electron chi connectivity index (χ2n) is 7.61. The summed E-state index contributed by atoms with van der Waals surface area (Å²) < 4.78 is 29.0. The highest BCUT2D eigenvalue weighted by atomic mass is 32.2. The van der Waals surface area contributed by atoms with Crippen molar-refractivity contribution in [2.75, 3.05) is 18.4 Å². The Morgan fingerprint density at radius 1 is 1.16 bits per heavy atom. The number of anilines is 1. The highest BCUT2D eigenvalue weighted by Gasteiger charge is 2.36. The number of carbonyl (C=O) groups is 1. The van der Waals surface area contributed by atoms with E-state index in [-0.39, 0.29) is 16.7 Å². The zero-order valence-corrected chi connectivity index (χ0v) is 18.4. The quantitative estimate of drug-likeness (QED) is 0.652. The summed E-state index contributed by atoms with van der Waals surface area (Å²) in [5.41, 5.74) is 2.24. The molecule has 0 radical (unpaired) electrons. The molecule has 3 aromatic rings. The Bertz CT molecular complexity index is 1220. The molecule has 1 aliphatic heterocycles. The van der Waals surface area contributed by atoms with Gasteiger partial charge in [0, 0.05) is 37.9 Å². The molecule has 1 aromatic carbocycles. The van der Waals surface area contributed by atoms with Crippen molar-refractivity contribution in [2.24, 2.45) is 7.05 Å². The number of para-hydroxylation sites is 1. The second kappa shape index (κ2) is 8.20. The summed E-state index contributed by atoms with van der Waals surface area (Å²) in [5, 5.41) is 6.87. The number of hydrogen-bond acceptors (Lipinski definition) is 6. The van der Waals surface area contributed by atoms with E-state index in [1.807, 2.05) is 18.2 Å². The summed E-state index contributed by atoms with van der Waals surface area (Å²) in [6.07, 6.45) is 3.52. The van der Waals surface area contributed by atoms with Crippen LogP contribution in [0.1, 0.15) is 39.9 Å². The van der Waals surface area contributed by atoms with E-state index >= 15 is 0 Å². The molecule has 1 N–H and O–H groups in total. The van der Waals surface area contributed by atoms with Gasteiger partial charge in [-0.2, -0.15) is 9.40 Å². The maximum Gasteiger partial charge on any atom is 0.259 e. The van der Waals surface area contributed by atoms with Crippen molar-refractivity contribution in [2.45, 2.75) is 31.1 Å². The molecule has 162 valence electrons. The number of carbonyl (C=O) groups excluding carboxylic acids is 1. The van der Waals surface area contributed by atoms with Gasteiger partial charge in [-0.15, -0.1) is 0 Å². The van der Waals surface area contributed by atoms with Crippen molar-refractivity contribution >= 4 is 21.6 Å². The SMILES string of the molecule is Cc1nc([C@H]2CCN(S(=O)(=O)c3cnn(C)c3C)C2)ncc1C(=O)Nc1ccccc1. The molecule has 1 amide bonds. The van der Waals surface area contributed by atoms with E-state index in [9.17, 15) is 13.2 Å². The van der Waals surface area contributed by atoms with Gasteiger partial charge in [0.2, 0.25) is 10.0 Å². The van der Waals surface area contributed by atoms with Crippen LogP contribution in [0.15, 0.2) is 47.6 Å². The van der Waals surface area contributed by atoms with Gasteiger partial charge in [0.25, 0.3) is 5.91 Å². The van der Waals surface area contributed by atoms with E-state index in [0.29, 0.717) is 48.0 Å². The number of nitrogens with zero attached hydrogens (tertiary/aromatic N) is 5. The Balaban J connectivity index is 1.49. The zero-order valence-electron chi connectivity index (χ0n) is 17.6. The second-order valence-corrected chi connectivity index (χ2v) is 9.52. The average Bonchev–Trinajstić information content (AvgIpc) is 3.37. The molecule has 1 fully saturated rings. The molecule has 4 rings (SSSR count). The largest absolute Gasteiger partial charge is 0.322 e. The number of hydrogen-bond donors (Lipinski definition) is 1. The van der Waals surface area contributed by atoms with E-state index in [0.717, 1.165) is 0 Å². The Labute approximate surface area is 181 Å². The van der Waals surface area contributed by atoms with E-state index in [4.69, 9.17) is 0 Å². The summed E-state index contributed by atoms with van der Waals surface area (Å²) in [7, 11) is -1.91. The first-order valence-electron chi connectivity index (χ1n) is 9.96. The number of amides is 1. The number of nitrogens with one attached hydrogen (secondary N) is 1. The standard InChI is InChI=1S/C21H24N6O3S/c1-14-18(21(28)25-17-7-5-4-6-8-17)11-22-20(24-14)16-9-10-27(13-16)31(29,30)19-12-23-26(3)15(19)2/h4-8,11-12,16H,9-10,13H2,1-3H3,(H,25,28)/t16-/m0/s1. The van der Waals surface area contributed by atoms with Gasteiger partial charge in [0.05, 0.1) is 23.1 Å². The Hall–Kier alpha value is -3.11. The van der Waals surface area contributed by atoms with E-state index in [2.05, 4.69) is 20.4 Å². The van der Waals surface area contributed by atoms with Crippen molar-refractivity contribution in [3.63, 3.8) is 0 Å². The van der Waals surface area contributed by atoms with Crippen molar-refractivity contribution in [1.82, 2.24) is 24.1 Å². The molecule has 0 spiro atoms. The molecule has 3 heterocycles. The summed E-state index contributed by atoms with van der Waals surface area (Å²) in [6.45, 7) is 4.18. The van der Waals surface area contributed by atoms with Crippen LogP contribution < -0.4 is 5.32 Å². The maximum absolute atomic E-state index is 13.0.